The summed E-state index contributed by atoms with van der Waals surface area (Å²) in [5.74, 6) is 7.03. The van der Waals surface area contributed by atoms with Crippen LogP contribution in [-0.4, -0.2) is 5.78 Å². The Hall–Kier alpha value is -3.11. The fourth-order valence-electron chi connectivity index (χ4n) is 6.53. The summed E-state index contributed by atoms with van der Waals surface area (Å²) >= 11 is 0. The van der Waals surface area contributed by atoms with Crippen LogP contribution in [0.1, 0.15) is 112 Å². The molecule has 0 fully saturated rings. The molecule has 0 radical (unpaired) electrons. The van der Waals surface area contributed by atoms with E-state index in [1.165, 1.54) is 33.4 Å². The molecule has 184 valence electrons. The molecule has 0 aromatic heterocycles. The molecule has 0 bridgehead atoms. The van der Waals surface area contributed by atoms with Crippen molar-refractivity contribution in [1.82, 2.24) is 0 Å². The highest BCUT2D eigenvalue weighted by Crippen LogP contribution is 2.61. The number of carbonyl (C=O) groups is 1. The van der Waals surface area contributed by atoms with Gasteiger partial charge in [0.05, 0.1) is 0 Å². The smallest absolute Gasteiger partial charge is 0.163 e. The molecule has 0 unspecified atom stereocenters. The largest absolute Gasteiger partial charge is 0.294 e. The number of Topliss-reactive ketones (excluding diaryl/α,β-unsaturated/α-hetero) is 1. The van der Waals surface area contributed by atoms with Gasteiger partial charge < -0.3 is 0 Å². The third-order valence-electron chi connectivity index (χ3n) is 10.2. The van der Waals surface area contributed by atoms with Gasteiger partial charge in [-0.25, -0.2) is 0 Å². The first-order valence-electron chi connectivity index (χ1n) is 13.2. The summed E-state index contributed by atoms with van der Waals surface area (Å²) in [4.78, 5) is 13.1. The Labute approximate surface area is 217 Å². The number of carbonyl (C=O) groups excluding carboxylic acids is 1. The van der Waals surface area contributed by atoms with Crippen LogP contribution >= 0.6 is 0 Å². The molecule has 0 spiro atoms. The van der Waals surface area contributed by atoms with Crippen LogP contribution in [0.15, 0.2) is 54.6 Å². The fraction of sp³-hybridized carbons (Fsp3) is 0.400. The second kappa shape index (κ2) is 7.69. The van der Waals surface area contributed by atoms with Crippen LogP contribution in [0.4, 0.5) is 0 Å². The van der Waals surface area contributed by atoms with Gasteiger partial charge in [-0.3, -0.25) is 4.79 Å². The van der Waals surface area contributed by atoms with Crippen molar-refractivity contribution in [2.75, 3.05) is 0 Å². The topological polar surface area (TPSA) is 17.1 Å². The second-order valence-corrected chi connectivity index (χ2v) is 12.8. The van der Waals surface area contributed by atoms with Crippen molar-refractivity contribution in [3.8, 4) is 23.0 Å². The maximum Gasteiger partial charge on any atom is 0.163 e. The van der Waals surface area contributed by atoms with Gasteiger partial charge in [0.25, 0.3) is 0 Å². The van der Waals surface area contributed by atoms with Crippen molar-refractivity contribution in [2.45, 2.75) is 85.0 Å². The highest BCUT2D eigenvalue weighted by atomic mass is 16.1. The summed E-state index contributed by atoms with van der Waals surface area (Å²) in [5, 5.41) is 0. The third kappa shape index (κ3) is 3.13. The van der Waals surface area contributed by atoms with Gasteiger partial charge >= 0.3 is 0 Å². The molecule has 36 heavy (non-hydrogen) atoms. The zero-order chi connectivity index (χ0) is 26.3. The lowest BCUT2D eigenvalue weighted by molar-refractivity contribution is 0.0987. The molecule has 0 aliphatic heterocycles. The molecule has 0 atom stereocenters. The molecular formula is C35H38O. The predicted octanol–water partition coefficient (Wildman–Crippen LogP) is 8.58. The van der Waals surface area contributed by atoms with E-state index in [2.05, 4.69) is 122 Å². The number of benzene rings is 3. The summed E-state index contributed by atoms with van der Waals surface area (Å²) in [7, 11) is 0. The van der Waals surface area contributed by atoms with E-state index in [-0.39, 0.29) is 27.4 Å². The molecule has 5 rings (SSSR count). The highest BCUT2D eigenvalue weighted by molar-refractivity contribution is 5.99. The van der Waals surface area contributed by atoms with E-state index < -0.39 is 0 Å². The molecule has 3 aromatic rings. The van der Waals surface area contributed by atoms with Crippen LogP contribution in [0, 0.1) is 17.3 Å². The van der Waals surface area contributed by atoms with Gasteiger partial charge in [0, 0.05) is 28.5 Å². The molecule has 1 nitrogen and oxygen atoms in total. The van der Waals surface area contributed by atoms with Gasteiger partial charge in [-0.2, -0.15) is 0 Å². The summed E-state index contributed by atoms with van der Waals surface area (Å²) in [6.45, 7) is 20.5. The summed E-state index contributed by atoms with van der Waals surface area (Å²) in [6.07, 6.45) is 0.478. The average Bonchev–Trinajstić information content (AvgIpc) is 3.13. The summed E-state index contributed by atoms with van der Waals surface area (Å²) in [5.41, 5.74) is 10.4. The Kier molecular flexibility index (Phi) is 5.25. The number of hydrogen-bond acceptors (Lipinski definition) is 1. The van der Waals surface area contributed by atoms with E-state index in [4.69, 9.17) is 0 Å². The predicted molar refractivity (Wildman–Crippen MR) is 151 cm³/mol. The van der Waals surface area contributed by atoms with Crippen LogP contribution in [0.25, 0.3) is 11.1 Å². The molecular weight excluding hydrogens is 436 g/mol. The average molecular weight is 475 g/mol. The van der Waals surface area contributed by atoms with E-state index in [0.29, 0.717) is 6.42 Å². The lowest BCUT2D eigenvalue weighted by Gasteiger charge is -2.44. The maximum absolute atomic E-state index is 13.1. The van der Waals surface area contributed by atoms with Gasteiger partial charge in [-0.1, -0.05) is 104 Å². The first-order valence-corrected chi connectivity index (χ1v) is 13.2. The van der Waals surface area contributed by atoms with Crippen molar-refractivity contribution in [1.29, 1.82) is 0 Å². The van der Waals surface area contributed by atoms with Crippen molar-refractivity contribution in [2.24, 2.45) is 5.41 Å². The van der Waals surface area contributed by atoms with Crippen LogP contribution in [-0.2, 0) is 16.2 Å². The van der Waals surface area contributed by atoms with Crippen LogP contribution in [0.3, 0.4) is 0 Å². The number of hydrogen-bond donors (Lipinski definition) is 0. The Balaban J connectivity index is 1.64. The lowest BCUT2D eigenvalue weighted by Crippen LogP contribution is -2.42. The first kappa shape index (κ1) is 24.6. The molecule has 1 heteroatoms. The van der Waals surface area contributed by atoms with Crippen molar-refractivity contribution in [3.63, 3.8) is 0 Å². The van der Waals surface area contributed by atoms with E-state index >= 15 is 0 Å². The Morgan fingerprint density at radius 2 is 1.31 bits per heavy atom. The lowest BCUT2D eigenvalue weighted by atomic mass is 9.59. The van der Waals surface area contributed by atoms with Gasteiger partial charge in [0.1, 0.15) is 0 Å². The SMILES string of the molecule is CCC(=O)c1cc2c(cc1C#Cc1ccc3c(c1)C(C)(C)c1ccccc1-3)C(C)(C)C(C)(C)C2(C)C. The Morgan fingerprint density at radius 1 is 0.694 bits per heavy atom. The van der Waals surface area contributed by atoms with E-state index in [0.717, 1.165) is 16.7 Å². The zero-order valence-corrected chi connectivity index (χ0v) is 23.3. The monoisotopic (exact) mass is 474 g/mol. The minimum absolute atomic E-state index is 0.0283. The van der Waals surface area contributed by atoms with E-state index in [9.17, 15) is 4.79 Å². The van der Waals surface area contributed by atoms with Gasteiger partial charge in [0.2, 0.25) is 0 Å². The Bertz CT molecular complexity index is 1480. The molecule has 3 aromatic carbocycles. The van der Waals surface area contributed by atoms with Gasteiger partial charge in [-0.05, 0) is 73.9 Å². The standard InChI is InChI=1S/C35H38O/c1-10-31(36)26-21-30-29(33(4,5)35(8,9)34(30,6)7)20-23(26)17-15-22-16-18-25-24-13-11-12-14-27(24)32(2,3)28(25)19-22/h11-14,16,18-21H,10H2,1-9H3. The molecule has 0 amide bonds. The molecule has 0 N–H and O–H groups in total. The highest BCUT2D eigenvalue weighted by Gasteiger charge is 2.57. The molecule has 0 saturated heterocycles. The molecule has 2 aliphatic rings. The van der Waals surface area contributed by atoms with Crippen LogP contribution < -0.4 is 0 Å². The van der Waals surface area contributed by atoms with Crippen molar-refractivity contribution < 1.29 is 4.79 Å². The quantitative estimate of drug-likeness (QED) is 0.268. The van der Waals surface area contributed by atoms with E-state index in [1.807, 2.05) is 6.92 Å². The number of fused-ring (bicyclic) bond motifs is 4. The Morgan fingerprint density at radius 3 is 1.97 bits per heavy atom. The van der Waals surface area contributed by atoms with Crippen molar-refractivity contribution >= 4 is 5.78 Å². The minimum Gasteiger partial charge on any atom is -0.294 e. The van der Waals surface area contributed by atoms with Crippen LogP contribution in [0.2, 0.25) is 0 Å². The van der Waals surface area contributed by atoms with Gasteiger partial charge in [-0.15, -0.1) is 0 Å². The minimum atomic E-state index is -0.0539. The van der Waals surface area contributed by atoms with E-state index in [1.54, 1.807) is 0 Å². The fourth-order valence-corrected chi connectivity index (χ4v) is 6.53. The third-order valence-corrected chi connectivity index (χ3v) is 10.2. The maximum atomic E-state index is 13.1. The zero-order valence-electron chi connectivity index (χ0n) is 23.3. The summed E-state index contributed by atoms with van der Waals surface area (Å²) in [6, 6.07) is 19.6. The molecule has 2 aliphatic carbocycles. The second-order valence-electron chi connectivity index (χ2n) is 12.8. The first-order chi connectivity index (χ1) is 16.7. The number of ketones is 1. The summed E-state index contributed by atoms with van der Waals surface area (Å²) < 4.78 is 0. The normalized spacial score (nSPS) is 19.0. The number of rotatable bonds is 2. The van der Waals surface area contributed by atoms with Gasteiger partial charge in [0.15, 0.2) is 5.78 Å². The molecule has 0 saturated carbocycles. The van der Waals surface area contributed by atoms with Crippen molar-refractivity contribution in [3.05, 3.63) is 93.5 Å². The molecule has 0 heterocycles. The van der Waals surface area contributed by atoms with Crippen LogP contribution in [0.5, 0.6) is 0 Å².